The van der Waals surface area contributed by atoms with Gasteiger partial charge >= 0.3 is 0 Å². The molecule has 0 aliphatic heterocycles. The standard InChI is InChI=1S/C50H31NOS/c1-3-12-32(13-4-1)42-28-34-22-24-36(30-43(34)40-17-8-7-16-39(40)42)51(35-14-5-2-6-15-35)37-25-26-46-45(31-37)50-38(19-11-20-47(50)52-46)33-23-27-49-44(29-33)41-18-9-10-21-48(41)53-49/h1-31H. The number of benzene rings is 9. The molecular formula is C50H31NOS. The van der Waals surface area contributed by atoms with Crippen molar-refractivity contribution in [3.05, 3.63) is 188 Å². The summed E-state index contributed by atoms with van der Waals surface area (Å²) in [6.07, 6.45) is 0. The highest BCUT2D eigenvalue weighted by Crippen LogP contribution is 2.44. The minimum absolute atomic E-state index is 0.879. The number of para-hydroxylation sites is 1. The summed E-state index contributed by atoms with van der Waals surface area (Å²) in [5, 5.41) is 9.78. The fraction of sp³-hybridized carbons (Fsp3) is 0. The molecule has 0 aliphatic carbocycles. The highest BCUT2D eigenvalue weighted by Gasteiger charge is 2.19. The van der Waals surface area contributed by atoms with Gasteiger partial charge in [0.15, 0.2) is 0 Å². The number of nitrogens with zero attached hydrogens (tertiary/aromatic N) is 1. The van der Waals surface area contributed by atoms with Gasteiger partial charge in [0.25, 0.3) is 0 Å². The molecule has 0 bridgehead atoms. The molecule has 0 amide bonds. The molecule has 0 fully saturated rings. The lowest BCUT2D eigenvalue weighted by atomic mass is 9.93. The molecule has 248 valence electrons. The zero-order valence-electron chi connectivity index (χ0n) is 28.7. The summed E-state index contributed by atoms with van der Waals surface area (Å²) in [5.41, 5.74) is 9.88. The molecule has 2 aromatic heterocycles. The van der Waals surface area contributed by atoms with Crippen LogP contribution >= 0.6 is 11.3 Å². The maximum atomic E-state index is 6.54. The van der Waals surface area contributed by atoms with E-state index in [1.165, 1.54) is 64.0 Å². The Morgan fingerprint density at radius 2 is 1.06 bits per heavy atom. The van der Waals surface area contributed by atoms with E-state index in [-0.39, 0.29) is 0 Å². The van der Waals surface area contributed by atoms with Gasteiger partial charge in [0.2, 0.25) is 0 Å². The van der Waals surface area contributed by atoms with Crippen LogP contribution in [0.5, 0.6) is 0 Å². The molecule has 0 spiro atoms. The molecule has 2 heterocycles. The van der Waals surface area contributed by atoms with Crippen molar-refractivity contribution < 1.29 is 4.42 Å². The SMILES string of the molecule is c1ccc(-c2cc3ccc(N(c4ccccc4)c4ccc5oc6cccc(-c7ccc8sc9ccccc9c8c7)c6c5c4)cc3c3ccccc23)cc1. The second-order valence-corrected chi connectivity index (χ2v) is 14.8. The molecule has 0 radical (unpaired) electrons. The van der Waals surface area contributed by atoms with Crippen LogP contribution in [0.3, 0.4) is 0 Å². The molecule has 0 unspecified atom stereocenters. The minimum Gasteiger partial charge on any atom is -0.456 e. The Hall–Kier alpha value is -6.68. The number of anilines is 3. The summed E-state index contributed by atoms with van der Waals surface area (Å²) < 4.78 is 9.16. The molecular weight excluding hydrogens is 663 g/mol. The van der Waals surface area contributed by atoms with Gasteiger partial charge < -0.3 is 9.32 Å². The van der Waals surface area contributed by atoms with Gasteiger partial charge in [0.05, 0.1) is 0 Å². The Balaban J connectivity index is 1.11. The smallest absolute Gasteiger partial charge is 0.136 e. The molecule has 11 aromatic rings. The average Bonchev–Trinajstić information content (AvgIpc) is 3.79. The average molecular weight is 694 g/mol. The fourth-order valence-corrected chi connectivity index (χ4v) is 9.28. The first-order chi connectivity index (χ1) is 26.3. The van der Waals surface area contributed by atoms with Crippen LogP contribution in [0, 0.1) is 0 Å². The van der Waals surface area contributed by atoms with Crippen molar-refractivity contribution in [2.75, 3.05) is 4.90 Å². The van der Waals surface area contributed by atoms with Gasteiger partial charge in [-0.1, -0.05) is 115 Å². The summed E-state index contributed by atoms with van der Waals surface area (Å²) in [7, 11) is 0. The van der Waals surface area contributed by atoms with E-state index in [1.807, 2.05) is 11.3 Å². The molecule has 0 saturated carbocycles. The maximum Gasteiger partial charge on any atom is 0.136 e. The predicted octanol–water partition coefficient (Wildman–Crippen LogP) is 15.1. The molecule has 0 N–H and O–H groups in total. The van der Waals surface area contributed by atoms with Gasteiger partial charge in [-0.3, -0.25) is 0 Å². The summed E-state index contributed by atoms with van der Waals surface area (Å²) in [6, 6.07) is 68.0. The molecule has 0 aliphatic rings. The van der Waals surface area contributed by atoms with Gasteiger partial charge in [-0.05, 0) is 117 Å². The molecule has 11 rings (SSSR count). The quantitative estimate of drug-likeness (QED) is 0.167. The molecule has 53 heavy (non-hydrogen) atoms. The van der Waals surface area contributed by atoms with E-state index in [0.29, 0.717) is 0 Å². The van der Waals surface area contributed by atoms with Crippen molar-refractivity contribution >= 4 is 92.1 Å². The Morgan fingerprint density at radius 1 is 0.358 bits per heavy atom. The minimum atomic E-state index is 0.879. The second-order valence-electron chi connectivity index (χ2n) is 13.7. The first-order valence-corrected chi connectivity index (χ1v) is 18.8. The van der Waals surface area contributed by atoms with E-state index in [2.05, 4.69) is 193 Å². The van der Waals surface area contributed by atoms with E-state index in [9.17, 15) is 0 Å². The van der Waals surface area contributed by atoms with Crippen LogP contribution in [0.1, 0.15) is 0 Å². The van der Waals surface area contributed by atoms with E-state index < -0.39 is 0 Å². The summed E-state index contributed by atoms with van der Waals surface area (Å²) in [6.45, 7) is 0. The van der Waals surface area contributed by atoms with Crippen LogP contribution in [0.4, 0.5) is 17.1 Å². The normalized spacial score (nSPS) is 11.8. The monoisotopic (exact) mass is 693 g/mol. The van der Waals surface area contributed by atoms with Gasteiger partial charge in [0.1, 0.15) is 11.2 Å². The number of hydrogen-bond acceptors (Lipinski definition) is 3. The van der Waals surface area contributed by atoms with Gasteiger partial charge in [-0.15, -0.1) is 11.3 Å². The third-order valence-corrected chi connectivity index (χ3v) is 11.8. The number of thiophene rings is 1. The molecule has 9 aromatic carbocycles. The Bertz CT molecular complexity index is 3180. The van der Waals surface area contributed by atoms with Crippen LogP contribution in [0.2, 0.25) is 0 Å². The lowest BCUT2D eigenvalue weighted by molar-refractivity contribution is 0.669. The van der Waals surface area contributed by atoms with Gasteiger partial charge in [0, 0.05) is 48.0 Å². The Kier molecular flexibility index (Phi) is 6.76. The van der Waals surface area contributed by atoms with E-state index >= 15 is 0 Å². The number of fused-ring (bicyclic) bond motifs is 9. The fourth-order valence-electron chi connectivity index (χ4n) is 8.20. The van der Waals surface area contributed by atoms with Crippen LogP contribution in [-0.4, -0.2) is 0 Å². The van der Waals surface area contributed by atoms with Gasteiger partial charge in [-0.2, -0.15) is 0 Å². The zero-order chi connectivity index (χ0) is 34.9. The van der Waals surface area contributed by atoms with Crippen molar-refractivity contribution in [2.45, 2.75) is 0 Å². The zero-order valence-corrected chi connectivity index (χ0v) is 29.5. The largest absolute Gasteiger partial charge is 0.456 e. The summed E-state index contributed by atoms with van der Waals surface area (Å²) in [5.74, 6) is 0. The molecule has 0 saturated heterocycles. The van der Waals surface area contributed by atoms with E-state index in [1.54, 1.807) is 0 Å². The molecule has 2 nitrogen and oxygen atoms in total. The second kappa shape index (κ2) is 11.9. The predicted molar refractivity (Wildman–Crippen MR) is 227 cm³/mol. The first-order valence-electron chi connectivity index (χ1n) is 18.0. The van der Waals surface area contributed by atoms with Crippen LogP contribution < -0.4 is 4.90 Å². The number of rotatable bonds is 5. The van der Waals surface area contributed by atoms with Crippen molar-refractivity contribution in [3.63, 3.8) is 0 Å². The van der Waals surface area contributed by atoms with Gasteiger partial charge in [-0.25, -0.2) is 0 Å². The highest BCUT2D eigenvalue weighted by atomic mass is 32.1. The van der Waals surface area contributed by atoms with E-state index in [0.717, 1.165) is 39.0 Å². The van der Waals surface area contributed by atoms with Crippen LogP contribution in [0.15, 0.2) is 192 Å². The first kappa shape index (κ1) is 30.0. The molecule has 3 heteroatoms. The Morgan fingerprint density at radius 3 is 1.91 bits per heavy atom. The summed E-state index contributed by atoms with van der Waals surface area (Å²) in [4.78, 5) is 2.36. The lowest BCUT2D eigenvalue weighted by Gasteiger charge is -2.26. The number of furan rings is 1. The van der Waals surface area contributed by atoms with Crippen molar-refractivity contribution in [1.82, 2.24) is 0 Å². The van der Waals surface area contributed by atoms with E-state index in [4.69, 9.17) is 4.42 Å². The third kappa shape index (κ3) is 4.86. The lowest BCUT2D eigenvalue weighted by Crippen LogP contribution is -2.09. The van der Waals surface area contributed by atoms with Crippen molar-refractivity contribution in [3.8, 4) is 22.3 Å². The molecule has 0 atom stereocenters. The van der Waals surface area contributed by atoms with Crippen LogP contribution in [0.25, 0.3) is 85.9 Å². The van der Waals surface area contributed by atoms with Crippen molar-refractivity contribution in [2.24, 2.45) is 0 Å². The third-order valence-electron chi connectivity index (χ3n) is 10.6. The highest BCUT2D eigenvalue weighted by molar-refractivity contribution is 7.25. The Labute approximate surface area is 310 Å². The summed E-state index contributed by atoms with van der Waals surface area (Å²) >= 11 is 1.85. The van der Waals surface area contributed by atoms with Crippen molar-refractivity contribution in [1.29, 1.82) is 0 Å². The number of hydrogen-bond donors (Lipinski definition) is 0. The van der Waals surface area contributed by atoms with Crippen LogP contribution in [-0.2, 0) is 0 Å². The maximum absolute atomic E-state index is 6.54. The topological polar surface area (TPSA) is 16.4 Å².